The summed E-state index contributed by atoms with van der Waals surface area (Å²) < 4.78 is 18.2. The highest BCUT2D eigenvalue weighted by Gasteiger charge is 2.41. The van der Waals surface area contributed by atoms with Crippen molar-refractivity contribution in [3.63, 3.8) is 0 Å². The molecule has 2 aliphatic heterocycles. The number of hydrogen-bond acceptors (Lipinski definition) is 4. The summed E-state index contributed by atoms with van der Waals surface area (Å²) in [5.74, 6) is 0.106. The lowest BCUT2D eigenvalue weighted by Gasteiger charge is -2.46. The van der Waals surface area contributed by atoms with Crippen molar-refractivity contribution >= 4 is 16.8 Å². The van der Waals surface area contributed by atoms with E-state index in [1.807, 2.05) is 53.6 Å². The SMILES string of the molecule is O=C(c1cccc2[nH]ccc12)N1CCC2(CC1)CC(OCCOCc1ccccc1)CCO2. The smallest absolute Gasteiger partial charge is 0.254 e. The van der Waals surface area contributed by atoms with Crippen LogP contribution in [-0.4, -0.2) is 60.4 Å². The fourth-order valence-corrected chi connectivity index (χ4v) is 5.07. The summed E-state index contributed by atoms with van der Waals surface area (Å²) in [6, 6.07) is 18.0. The molecule has 5 rings (SSSR count). The predicted octanol–water partition coefficient (Wildman–Crippen LogP) is 4.56. The van der Waals surface area contributed by atoms with Crippen LogP contribution < -0.4 is 0 Å². The van der Waals surface area contributed by atoms with Crippen LogP contribution in [0.15, 0.2) is 60.8 Å². The number of H-pyrrole nitrogens is 1. The first-order valence-electron chi connectivity index (χ1n) is 12.0. The number of amides is 1. The fourth-order valence-electron chi connectivity index (χ4n) is 5.07. The number of carbonyl (C=O) groups excluding carboxylic acids is 1. The van der Waals surface area contributed by atoms with Gasteiger partial charge in [0, 0.05) is 48.8 Å². The van der Waals surface area contributed by atoms with E-state index in [1.54, 1.807) is 0 Å². The lowest BCUT2D eigenvalue weighted by Crippen LogP contribution is -2.52. The minimum absolute atomic E-state index is 0.106. The van der Waals surface area contributed by atoms with Crippen LogP contribution in [0.3, 0.4) is 0 Å². The van der Waals surface area contributed by atoms with Gasteiger partial charge in [-0.25, -0.2) is 0 Å². The van der Waals surface area contributed by atoms with E-state index < -0.39 is 0 Å². The third kappa shape index (κ3) is 5.13. The number of nitrogens with one attached hydrogen (secondary N) is 1. The Morgan fingerprint density at radius 1 is 1.06 bits per heavy atom. The monoisotopic (exact) mass is 448 g/mol. The first-order chi connectivity index (χ1) is 16.2. The summed E-state index contributed by atoms with van der Waals surface area (Å²) in [7, 11) is 0. The molecule has 3 heterocycles. The third-order valence-corrected chi connectivity index (χ3v) is 6.93. The molecule has 1 amide bonds. The molecule has 6 nitrogen and oxygen atoms in total. The van der Waals surface area contributed by atoms with Gasteiger partial charge in [-0.3, -0.25) is 4.79 Å². The highest BCUT2D eigenvalue weighted by molar-refractivity contribution is 6.06. The van der Waals surface area contributed by atoms with Crippen molar-refractivity contribution in [1.82, 2.24) is 9.88 Å². The van der Waals surface area contributed by atoms with E-state index in [4.69, 9.17) is 14.2 Å². The minimum Gasteiger partial charge on any atom is -0.376 e. The van der Waals surface area contributed by atoms with Crippen molar-refractivity contribution in [2.24, 2.45) is 0 Å². The topological polar surface area (TPSA) is 63.8 Å². The van der Waals surface area contributed by atoms with Crippen LogP contribution in [0.25, 0.3) is 10.9 Å². The lowest BCUT2D eigenvalue weighted by atomic mass is 9.83. The maximum atomic E-state index is 13.2. The van der Waals surface area contributed by atoms with Crippen molar-refractivity contribution in [3.8, 4) is 0 Å². The molecule has 2 aromatic carbocycles. The number of benzene rings is 2. The minimum atomic E-state index is -0.176. The van der Waals surface area contributed by atoms with Crippen LogP contribution in [0.5, 0.6) is 0 Å². The summed E-state index contributed by atoms with van der Waals surface area (Å²) >= 11 is 0. The van der Waals surface area contributed by atoms with Crippen molar-refractivity contribution in [2.75, 3.05) is 32.9 Å². The Kier molecular flexibility index (Phi) is 6.76. The summed E-state index contributed by atoms with van der Waals surface area (Å²) in [5, 5.41) is 0.986. The maximum absolute atomic E-state index is 13.2. The standard InChI is InChI=1S/C27H32N2O4/c30-26(24-7-4-8-25-23(24)9-13-28-25)29-14-11-27(12-15-29)19-22(10-16-33-27)32-18-17-31-20-21-5-2-1-3-6-21/h1-9,13,22,28H,10-12,14-20H2. The molecular weight excluding hydrogens is 416 g/mol. The van der Waals surface area contributed by atoms with Crippen LogP contribution in [0.2, 0.25) is 0 Å². The zero-order valence-corrected chi connectivity index (χ0v) is 19.0. The number of aromatic amines is 1. The number of piperidine rings is 1. The zero-order chi connectivity index (χ0) is 22.5. The zero-order valence-electron chi connectivity index (χ0n) is 19.0. The second-order valence-electron chi connectivity index (χ2n) is 9.09. The number of likely N-dealkylation sites (tertiary alicyclic amines) is 1. The van der Waals surface area contributed by atoms with E-state index in [0.29, 0.717) is 39.5 Å². The quantitative estimate of drug-likeness (QED) is 0.539. The fraction of sp³-hybridized carbons (Fsp3) is 0.444. The highest BCUT2D eigenvalue weighted by Crippen LogP contribution is 2.36. The van der Waals surface area contributed by atoms with E-state index in [2.05, 4.69) is 17.1 Å². The number of rotatable bonds is 7. The summed E-state index contributed by atoms with van der Waals surface area (Å²) in [6.45, 7) is 3.94. The maximum Gasteiger partial charge on any atom is 0.254 e. The Bertz CT molecular complexity index is 1060. The molecule has 1 aromatic heterocycles. The van der Waals surface area contributed by atoms with E-state index >= 15 is 0 Å². The van der Waals surface area contributed by atoms with Gasteiger partial charge in [-0.1, -0.05) is 36.4 Å². The Morgan fingerprint density at radius 3 is 2.76 bits per heavy atom. The Balaban J connectivity index is 1.09. The van der Waals surface area contributed by atoms with Gasteiger partial charge in [0.15, 0.2) is 0 Å². The molecule has 1 atom stereocenters. The number of aromatic nitrogens is 1. The number of ether oxygens (including phenoxy) is 3. The van der Waals surface area contributed by atoms with Crippen LogP contribution >= 0.6 is 0 Å². The third-order valence-electron chi connectivity index (χ3n) is 6.93. The summed E-state index contributed by atoms with van der Waals surface area (Å²) in [6.07, 6.45) is 5.59. The molecule has 2 saturated heterocycles. The van der Waals surface area contributed by atoms with Gasteiger partial charge in [-0.15, -0.1) is 0 Å². The van der Waals surface area contributed by atoms with Crippen LogP contribution in [0.4, 0.5) is 0 Å². The molecular formula is C27H32N2O4. The van der Waals surface area contributed by atoms with E-state index in [9.17, 15) is 4.79 Å². The number of carbonyl (C=O) groups is 1. The van der Waals surface area contributed by atoms with Gasteiger partial charge in [-0.05, 0) is 43.0 Å². The van der Waals surface area contributed by atoms with Crippen molar-refractivity contribution < 1.29 is 19.0 Å². The van der Waals surface area contributed by atoms with Crippen LogP contribution in [-0.2, 0) is 20.8 Å². The summed E-state index contributed by atoms with van der Waals surface area (Å²) in [4.78, 5) is 18.3. The average molecular weight is 449 g/mol. The molecule has 0 aliphatic carbocycles. The van der Waals surface area contributed by atoms with E-state index in [0.717, 1.165) is 42.1 Å². The largest absolute Gasteiger partial charge is 0.376 e. The van der Waals surface area contributed by atoms with Gasteiger partial charge in [0.2, 0.25) is 0 Å². The second-order valence-corrected chi connectivity index (χ2v) is 9.09. The van der Waals surface area contributed by atoms with Gasteiger partial charge >= 0.3 is 0 Å². The molecule has 2 aliphatic rings. The molecule has 33 heavy (non-hydrogen) atoms. The molecule has 0 radical (unpaired) electrons. The van der Waals surface area contributed by atoms with Gasteiger partial charge in [0.25, 0.3) is 5.91 Å². The molecule has 0 saturated carbocycles. The summed E-state index contributed by atoms with van der Waals surface area (Å²) in [5.41, 5.74) is 2.77. The molecule has 1 spiro atoms. The Hall–Kier alpha value is -2.67. The average Bonchev–Trinajstić information content (AvgIpc) is 3.34. The number of hydrogen-bond donors (Lipinski definition) is 1. The number of fused-ring (bicyclic) bond motifs is 1. The molecule has 1 N–H and O–H groups in total. The lowest BCUT2D eigenvalue weighted by molar-refractivity contribution is -0.155. The van der Waals surface area contributed by atoms with Gasteiger partial charge in [-0.2, -0.15) is 0 Å². The Labute approximate surface area is 194 Å². The molecule has 1 unspecified atom stereocenters. The molecule has 0 bridgehead atoms. The Morgan fingerprint density at radius 2 is 1.91 bits per heavy atom. The molecule has 174 valence electrons. The van der Waals surface area contributed by atoms with Crippen LogP contribution in [0.1, 0.15) is 41.6 Å². The molecule has 2 fully saturated rings. The van der Waals surface area contributed by atoms with E-state index in [1.165, 1.54) is 5.56 Å². The van der Waals surface area contributed by atoms with Gasteiger partial charge < -0.3 is 24.1 Å². The highest BCUT2D eigenvalue weighted by atomic mass is 16.5. The molecule has 6 heteroatoms. The first kappa shape index (κ1) is 22.1. The number of nitrogens with zero attached hydrogens (tertiary/aromatic N) is 1. The van der Waals surface area contributed by atoms with Gasteiger partial charge in [0.05, 0.1) is 31.5 Å². The van der Waals surface area contributed by atoms with Crippen LogP contribution in [0, 0.1) is 0 Å². The van der Waals surface area contributed by atoms with Crippen molar-refractivity contribution in [2.45, 2.75) is 44.0 Å². The first-order valence-corrected chi connectivity index (χ1v) is 12.0. The van der Waals surface area contributed by atoms with Crippen molar-refractivity contribution in [3.05, 3.63) is 71.9 Å². The van der Waals surface area contributed by atoms with Crippen molar-refractivity contribution in [1.29, 1.82) is 0 Å². The predicted molar refractivity (Wildman–Crippen MR) is 127 cm³/mol. The van der Waals surface area contributed by atoms with Gasteiger partial charge in [0.1, 0.15) is 0 Å². The molecule has 3 aromatic rings. The normalized spacial score (nSPS) is 20.4. The van der Waals surface area contributed by atoms with E-state index in [-0.39, 0.29) is 17.6 Å². The second kappa shape index (κ2) is 10.1.